The van der Waals surface area contributed by atoms with Gasteiger partial charge in [0.15, 0.2) is 7.14 Å². The fraction of sp³-hybridized carbons (Fsp3) is 0.0400. The molecule has 0 aliphatic rings. The minimum absolute atomic E-state index is 0.100. The van der Waals surface area contributed by atoms with E-state index >= 15 is 0 Å². The minimum Gasteiger partial charge on any atom is -0.744 e. The molecule has 0 saturated heterocycles. The van der Waals surface area contributed by atoms with Crippen LogP contribution in [0.15, 0.2) is 114 Å². The predicted octanol–water partition coefficient (Wildman–Crippen LogP) is 2.51. The number of ether oxygens (including phenoxy) is 1. The number of hydrogen-bond acceptors (Lipinski definition) is 4. The predicted molar refractivity (Wildman–Crippen MR) is 116 cm³/mol. The van der Waals surface area contributed by atoms with Gasteiger partial charge >= 0.3 is 21.2 Å². The van der Waals surface area contributed by atoms with E-state index in [0.29, 0.717) is 0 Å². The molecule has 0 atom stereocenters. The first-order valence-electron chi connectivity index (χ1n) is 9.45. The first-order valence-corrected chi connectivity index (χ1v) is 13.0. The molecule has 0 amide bonds. The summed E-state index contributed by atoms with van der Waals surface area (Å²) in [6.45, 7) is 1.82. The van der Waals surface area contributed by atoms with Gasteiger partial charge in [-0.2, -0.15) is 0 Å². The maximum Gasteiger partial charge on any atom is 0.357 e. The number of para-hydroxylation sites is 1. The fourth-order valence-electron chi connectivity index (χ4n) is 2.50. The van der Waals surface area contributed by atoms with Crippen LogP contribution >= 0.6 is 0 Å². The van der Waals surface area contributed by atoms with Crippen LogP contribution in [0.2, 0.25) is 0 Å². The van der Waals surface area contributed by atoms with Gasteiger partial charge in [-0.25, -0.2) is 8.42 Å². The Morgan fingerprint density at radius 1 is 0.645 bits per heavy atom. The molecule has 0 fully saturated rings. The third-order valence-electron chi connectivity index (χ3n) is 4.05. The first kappa shape index (κ1) is 23.0. The molecule has 0 bridgehead atoms. The molecule has 0 unspecified atom stereocenters. The van der Waals surface area contributed by atoms with Crippen molar-refractivity contribution in [2.24, 2.45) is 0 Å². The highest BCUT2D eigenvalue weighted by Gasteiger charge is 2.14. The summed E-state index contributed by atoms with van der Waals surface area (Å²) in [5.41, 5.74) is 0.928. The highest BCUT2D eigenvalue weighted by atomic mass is 127. The molecule has 0 aromatic heterocycles. The van der Waals surface area contributed by atoms with Crippen LogP contribution in [0.25, 0.3) is 0 Å². The summed E-state index contributed by atoms with van der Waals surface area (Å²) >= 11 is -0.100. The van der Waals surface area contributed by atoms with Gasteiger partial charge in [0.1, 0.15) is 21.6 Å². The van der Waals surface area contributed by atoms with Gasteiger partial charge in [0, 0.05) is 0 Å². The minimum atomic E-state index is -4.27. The summed E-state index contributed by atoms with van der Waals surface area (Å²) in [5.74, 6) is 1.76. The first-order chi connectivity index (χ1) is 14.9. The number of rotatable bonds is 5. The van der Waals surface area contributed by atoms with Gasteiger partial charge in [-0.1, -0.05) is 54.1 Å². The van der Waals surface area contributed by atoms with Gasteiger partial charge in [-0.05, 0) is 67.6 Å². The van der Waals surface area contributed by atoms with Crippen molar-refractivity contribution in [2.45, 2.75) is 11.8 Å². The lowest BCUT2D eigenvalue weighted by Crippen LogP contribution is -3.61. The number of benzene rings is 4. The molecule has 0 saturated carbocycles. The Morgan fingerprint density at radius 3 is 1.68 bits per heavy atom. The molecule has 0 spiro atoms. The molecule has 4 aromatic rings. The third kappa shape index (κ3) is 7.82. The number of halogens is 1. The van der Waals surface area contributed by atoms with Gasteiger partial charge in [-0.15, -0.1) is 0 Å². The van der Waals surface area contributed by atoms with Crippen molar-refractivity contribution in [3.05, 3.63) is 122 Å². The summed E-state index contributed by atoms with van der Waals surface area (Å²) in [7, 11) is -4.27. The molecule has 0 heterocycles. The highest BCUT2D eigenvalue weighted by molar-refractivity contribution is 7.85. The standard InChI is InChI=1S/C18H14IO.C7H8O3S/c1-3-7-15(8-4-1)19-16-11-13-18(14-12-16)20-17-9-5-2-6-10-17;1-6-2-4-7(5-3-6)11(8,9)10/h1-14H;2-5H,1H3,(H,8,9,10)/q+1;/p-1. The second kappa shape index (κ2) is 11.1. The van der Waals surface area contributed by atoms with Crippen LogP contribution in [0.3, 0.4) is 0 Å². The molecule has 158 valence electrons. The summed E-state index contributed by atoms with van der Waals surface area (Å²) in [4.78, 5) is -0.178. The van der Waals surface area contributed by atoms with E-state index in [4.69, 9.17) is 4.74 Å². The number of aryl methyl sites for hydroxylation is 1. The molecular weight excluding hydrogens is 523 g/mol. The third-order valence-corrected chi connectivity index (χ3v) is 7.59. The van der Waals surface area contributed by atoms with Crippen molar-refractivity contribution in [2.75, 3.05) is 0 Å². The van der Waals surface area contributed by atoms with E-state index < -0.39 is 10.1 Å². The van der Waals surface area contributed by atoms with Crippen molar-refractivity contribution in [1.82, 2.24) is 0 Å². The van der Waals surface area contributed by atoms with Crippen LogP contribution in [-0.2, 0) is 10.1 Å². The Labute approximate surface area is 193 Å². The molecule has 31 heavy (non-hydrogen) atoms. The fourth-order valence-corrected chi connectivity index (χ4v) is 5.18. The zero-order valence-electron chi connectivity index (χ0n) is 16.8. The lowest BCUT2D eigenvalue weighted by molar-refractivity contribution is -0.597. The molecule has 6 heteroatoms. The highest BCUT2D eigenvalue weighted by Crippen LogP contribution is 2.19. The molecule has 0 radical (unpaired) electrons. The van der Waals surface area contributed by atoms with Crippen molar-refractivity contribution >= 4 is 10.1 Å². The zero-order valence-corrected chi connectivity index (χ0v) is 19.8. The summed E-state index contributed by atoms with van der Waals surface area (Å²) in [5, 5.41) is 0. The molecule has 0 aliphatic carbocycles. The SMILES string of the molecule is Cc1ccc(S(=O)(=O)[O-])cc1.c1ccc(Oc2ccc([I+]c3ccccc3)cc2)cc1. The second-order valence-corrected chi connectivity index (χ2v) is 10.9. The van der Waals surface area contributed by atoms with Gasteiger partial charge < -0.3 is 9.29 Å². The molecule has 0 N–H and O–H groups in total. The summed E-state index contributed by atoms with van der Waals surface area (Å²) in [6, 6.07) is 34.7. The van der Waals surface area contributed by atoms with Crippen LogP contribution in [-0.4, -0.2) is 13.0 Å². The smallest absolute Gasteiger partial charge is 0.357 e. The Balaban J connectivity index is 0.000000210. The Morgan fingerprint density at radius 2 is 1.13 bits per heavy atom. The van der Waals surface area contributed by atoms with Crippen LogP contribution < -0.4 is 25.9 Å². The largest absolute Gasteiger partial charge is 0.744 e. The Kier molecular flexibility index (Phi) is 8.22. The van der Waals surface area contributed by atoms with Crippen molar-refractivity contribution in [3.8, 4) is 11.5 Å². The van der Waals surface area contributed by atoms with E-state index in [0.717, 1.165) is 17.1 Å². The van der Waals surface area contributed by atoms with Gasteiger partial charge in [-0.3, -0.25) is 0 Å². The average Bonchev–Trinajstić information content (AvgIpc) is 2.77. The van der Waals surface area contributed by atoms with E-state index in [2.05, 4.69) is 42.5 Å². The van der Waals surface area contributed by atoms with Crippen LogP contribution in [0.5, 0.6) is 11.5 Å². The molecule has 4 aromatic carbocycles. The van der Waals surface area contributed by atoms with E-state index in [1.807, 2.05) is 49.4 Å². The van der Waals surface area contributed by atoms with Gasteiger partial charge in [0.2, 0.25) is 0 Å². The van der Waals surface area contributed by atoms with E-state index in [1.165, 1.54) is 19.3 Å². The van der Waals surface area contributed by atoms with Crippen molar-refractivity contribution in [3.63, 3.8) is 0 Å². The average molecular weight is 544 g/mol. The molecule has 4 nitrogen and oxygen atoms in total. The van der Waals surface area contributed by atoms with Crippen molar-refractivity contribution < 1.29 is 38.9 Å². The maximum absolute atomic E-state index is 10.4. The maximum atomic E-state index is 10.4. The zero-order chi connectivity index (χ0) is 22.1. The topological polar surface area (TPSA) is 66.4 Å². The van der Waals surface area contributed by atoms with E-state index in [9.17, 15) is 13.0 Å². The Hall–Kier alpha value is -2.68. The Bertz CT molecular complexity index is 1120. The van der Waals surface area contributed by atoms with E-state index in [-0.39, 0.29) is 26.1 Å². The summed E-state index contributed by atoms with van der Waals surface area (Å²) < 4.78 is 39.8. The molecular formula is C25H21IO4S. The molecule has 0 aliphatic heterocycles. The van der Waals surface area contributed by atoms with Crippen LogP contribution in [0.4, 0.5) is 0 Å². The lowest BCUT2D eigenvalue weighted by Gasteiger charge is -2.05. The molecule has 4 rings (SSSR count). The summed E-state index contributed by atoms with van der Waals surface area (Å²) in [6.07, 6.45) is 0. The van der Waals surface area contributed by atoms with Crippen LogP contribution in [0.1, 0.15) is 5.56 Å². The second-order valence-electron chi connectivity index (χ2n) is 6.53. The number of hydrogen-bond donors (Lipinski definition) is 0. The van der Waals surface area contributed by atoms with E-state index in [1.54, 1.807) is 12.1 Å². The van der Waals surface area contributed by atoms with Gasteiger partial charge in [0.25, 0.3) is 0 Å². The van der Waals surface area contributed by atoms with Crippen molar-refractivity contribution in [1.29, 1.82) is 0 Å². The quantitative estimate of drug-likeness (QED) is 0.286. The van der Waals surface area contributed by atoms with Crippen LogP contribution in [0, 0.1) is 14.1 Å². The normalized spacial score (nSPS) is 10.6. The van der Waals surface area contributed by atoms with Gasteiger partial charge in [0.05, 0.1) is 4.90 Å². The lowest BCUT2D eigenvalue weighted by atomic mass is 10.2. The monoisotopic (exact) mass is 544 g/mol.